The van der Waals surface area contributed by atoms with E-state index in [1.54, 1.807) is 0 Å². The van der Waals surface area contributed by atoms with Crippen molar-refractivity contribution in [2.24, 2.45) is 0 Å². The minimum atomic E-state index is -0.326. The Morgan fingerprint density at radius 3 is 2.70 bits per heavy atom. The number of rotatable bonds is 2. The van der Waals surface area contributed by atoms with Gasteiger partial charge in [0.25, 0.3) is 0 Å². The molecule has 0 saturated heterocycles. The van der Waals surface area contributed by atoms with E-state index in [1.807, 2.05) is 6.92 Å². The lowest BCUT2D eigenvalue weighted by Gasteiger charge is -2.35. The summed E-state index contributed by atoms with van der Waals surface area (Å²) in [6.45, 7) is 8.40. The molecule has 5 nitrogen and oxygen atoms in total. The third kappa shape index (κ3) is 2.36. The third-order valence-corrected chi connectivity index (χ3v) is 6.82. The van der Waals surface area contributed by atoms with Crippen LogP contribution in [-0.4, -0.2) is 19.3 Å². The van der Waals surface area contributed by atoms with Gasteiger partial charge >= 0.3 is 0 Å². The number of aryl methyl sites for hydroxylation is 1. The molecule has 1 aliphatic carbocycles. The summed E-state index contributed by atoms with van der Waals surface area (Å²) in [7, 11) is 0. The van der Waals surface area contributed by atoms with Gasteiger partial charge in [-0.3, -0.25) is 4.57 Å². The van der Waals surface area contributed by atoms with E-state index in [-0.39, 0.29) is 5.54 Å². The van der Waals surface area contributed by atoms with Crippen LogP contribution in [0.4, 0.5) is 5.69 Å². The van der Waals surface area contributed by atoms with E-state index < -0.39 is 0 Å². The minimum absolute atomic E-state index is 0.326. The predicted octanol–water partition coefficient (Wildman–Crippen LogP) is 6.15. The summed E-state index contributed by atoms with van der Waals surface area (Å²) in [5.74, 6) is 1.80. The molecule has 4 aromatic rings. The first-order valence-electron chi connectivity index (χ1n) is 10.5. The van der Waals surface area contributed by atoms with Crippen LogP contribution in [0.5, 0.6) is 0 Å². The first-order valence-corrected chi connectivity index (χ1v) is 10.9. The number of aromatic nitrogens is 4. The zero-order valence-corrected chi connectivity index (χ0v) is 18.4. The molecule has 152 valence electrons. The van der Waals surface area contributed by atoms with Crippen LogP contribution in [-0.2, 0) is 5.54 Å². The number of hydrogen-bond acceptors (Lipinski definition) is 3. The van der Waals surface area contributed by atoms with Crippen LogP contribution < -0.4 is 5.32 Å². The smallest absolute Gasteiger partial charge is 0.162 e. The molecule has 1 saturated carbocycles. The molecule has 1 N–H and O–H groups in total. The lowest BCUT2D eigenvalue weighted by Crippen LogP contribution is -2.36. The molecule has 2 aromatic heterocycles. The van der Waals surface area contributed by atoms with Gasteiger partial charge in [0.15, 0.2) is 5.82 Å². The number of nitrogens with one attached hydrogen (secondary N) is 1. The van der Waals surface area contributed by atoms with Crippen LogP contribution in [0.1, 0.15) is 49.9 Å². The van der Waals surface area contributed by atoms with Gasteiger partial charge in [0.1, 0.15) is 5.82 Å². The lowest BCUT2D eigenvalue weighted by molar-refractivity contribution is 0.535. The fraction of sp³-hybridized carbons (Fsp3) is 0.333. The van der Waals surface area contributed by atoms with Crippen molar-refractivity contribution in [3.8, 4) is 16.8 Å². The Bertz CT molecular complexity index is 1340. The topological polar surface area (TPSA) is 47.7 Å². The van der Waals surface area contributed by atoms with Crippen molar-refractivity contribution in [3.05, 3.63) is 58.8 Å². The number of anilines is 1. The molecular formula is C24H24ClN5. The highest BCUT2D eigenvalue weighted by molar-refractivity contribution is 6.34. The van der Waals surface area contributed by atoms with E-state index in [4.69, 9.17) is 11.6 Å². The Morgan fingerprint density at radius 2 is 1.93 bits per heavy atom. The molecule has 0 spiro atoms. The van der Waals surface area contributed by atoms with E-state index >= 15 is 0 Å². The summed E-state index contributed by atoms with van der Waals surface area (Å²) >= 11 is 6.93. The van der Waals surface area contributed by atoms with Crippen LogP contribution in [0.15, 0.2) is 36.5 Å². The summed E-state index contributed by atoms with van der Waals surface area (Å²) in [5.41, 5.74) is 6.45. The average molecular weight is 418 g/mol. The van der Waals surface area contributed by atoms with Gasteiger partial charge in [-0.05, 0) is 69.9 Å². The van der Waals surface area contributed by atoms with E-state index in [9.17, 15) is 0 Å². The fourth-order valence-corrected chi connectivity index (χ4v) is 5.34. The van der Waals surface area contributed by atoms with Gasteiger partial charge in [-0.2, -0.15) is 0 Å². The molecular weight excluding hydrogens is 394 g/mol. The molecule has 0 amide bonds. The number of hydrogen-bond donors (Lipinski definition) is 1. The second-order valence-corrected chi connectivity index (χ2v) is 9.51. The molecule has 0 atom stereocenters. The van der Waals surface area contributed by atoms with Crippen molar-refractivity contribution in [2.45, 2.75) is 52.1 Å². The van der Waals surface area contributed by atoms with E-state index in [0.29, 0.717) is 6.04 Å². The Kier molecular flexibility index (Phi) is 3.53. The van der Waals surface area contributed by atoms with Gasteiger partial charge in [-0.1, -0.05) is 23.7 Å². The first-order chi connectivity index (χ1) is 14.4. The van der Waals surface area contributed by atoms with Gasteiger partial charge in [0.05, 0.1) is 21.9 Å². The van der Waals surface area contributed by atoms with Crippen molar-refractivity contribution in [1.82, 2.24) is 19.3 Å². The monoisotopic (exact) mass is 417 g/mol. The fourth-order valence-electron chi connectivity index (χ4n) is 4.99. The van der Waals surface area contributed by atoms with Crippen LogP contribution in [0.3, 0.4) is 0 Å². The van der Waals surface area contributed by atoms with Gasteiger partial charge < -0.3 is 9.88 Å². The van der Waals surface area contributed by atoms with Crippen LogP contribution >= 0.6 is 11.6 Å². The normalized spacial score (nSPS) is 17.0. The third-order valence-electron chi connectivity index (χ3n) is 6.52. The molecule has 0 unspecified atom stereocenters. The van der Waals surface area contributed by atoms with E-state index in [1.165, 1.54) is 29.3 Å². The first kappa shape index (κ1) is 18.0. The standard InChI is InChI=1S/C24H24ClN5/c1-13-21(17-6-5-7-20-16(17)10-11-29(20)15-8-9-15)18(25)12-19-22(13)30-14(2)27-28-23(30)24(3,4)26-19/h5-7,10-12,15,26H,8-9H2,1-4H3. The molecule has 2 aromatic carbocycles. The van der Waals surface area contributed by atoms with Crippen LogP contribution in [0.2, 0.25) is 5.02 Å². The molecule has 1 fully saturated rings. The van der Waals surface area contributed by atoms with Crippen LogP contribution in [0, 0.1) is 13.8 Å². The zero-order chi connectivity index (χ0) is 20.8. The molecule has 0 radical (unpaired) electrons. The van der Waals surface area contributed by atoms with Crippen LogP contribution in [0.25, 0.3) is 27.7 Å². The maximum atomic E-state index is 6.93. The summed E-state index contributed by atoms with van der Waals surface area (Å²) in [6, 6.07) is 11.5. The molecule has 2 aliphatic rings. The van der Waals surface area contributed by atoms with Crippen molar-refractivity contribution in [1.29, 1.82) is 0 Å². The molecule has 0 bridgehead atoms. The lowest BCUT2D eigenvalue weighted by atomic mass is 9.92. The Morgan fingerprint density at radius 1 is 1.13 bits per heavy atom. The van der Waals surface area contributed by atoms with Crippen molar-refractivity contribution in [3.63, 3.8) is 0 Å². The highest BCUT2D eigenvalue weighted by Crippen LogP contribution is 2.47. The summed E-state index contributed by atoms with van der Waals surface area (Å²) in [4.78, 5) is 0. The molecule has 6 heteroatoms. The molecule has 30 heavy (non-hydrogen) atoms. The summed E-state index contributed by atoms with van der Waals surface area (Å²) in [5, 5.41) is 14.5. The van der Waals surface area contributed by atoms with Gasteiger partial charge in [0, 0.05) is 28.7 Å². The van der Waals surface area contributed by atoms with Gasteiger partial charge in [-0.15, -0.1) is 10.2 Å². The van der Waals surface area contributed by atoms with Crippen molar-refractivity contribution >= 4 is 28.2 Å². The average Bonchev–Trinajstić information content (AvgIpc) is 3.31. The quantitative estimate of drug-likeness (QED) is 0.425. The van der Waals surface area contributed by atoms with E-state index in [0.717, 1.165) is 39.2 Å². The highest BCUT2D eigenvalue weighted by Gasteiger charge is 2.36. The van der Waals surface area contributed by atoms with Crippen molar-refractivity contribution < 1.29 is 0 Å². The summed E-state index contributed by atoms with van der Waals surface area (Å²) in [6.07, 6.45) is 4.76. The number of benzene rings is 2. The number of halogens is 1. The van der Waals surface area contributed by atoms with E-state index in [2.05, 4.69) is 81.9 Å². The second-order valence-electron chi connectivity index (χ2n) is 9.10. The number of nitrogens with zero attached hydrogens (tertiary/aromatic N) is 4. The van der Waals surface area contributed by atoms with Gasteiger partial charge in [0.2, 0.25) is 0 Å². The minimum Gasteiger partial charge on any atom is -0.371 e. The summed E-state index contributed by atoms with van der Waals surface area (Å²) < 4.78 is 4.59. The SMILES string of the molecule is Cc1c(-c2cccc3c2ccn3C2CC2)c(Cl)cc2c1-n1c(C)nnc1C(C)(C)N2. The largest absolute Gasteiger partial charge is 0.371 e. The molecule has 1 aliphatic heterocycles. The molecule has 3 heterocycles. The second kappa shape index (κ2) is 5.88. The van der Waals surface area contributed by atoms with Gasteiger partial charge in [-0.25, -0.2) is 0 Å². The Hall–Kier alpha value is -2.79. The van der Waals surface area contributed by atoms with Crippen molar-refractivity contribution in [2.75, 3.05) is 5.32 Å². The molecule has 6 rings (SSSR count). The number of fused-ring (bicyclic) bond motifs is 4. The Labute approximate surface area is 180 Å². The predicted molar refractivity (Wildman–Crippen MR) is 122 cm³/mol. The highest BCUT2D eigenvalue weighted by atomic mass is 35.5. The zero-order valence-electron chi connectivity index (χ0n) is 17.6. The maximum absolute atomic E-state index is 6.93. The maximum Gasteiger partial charge on any atom is 0.162 e. The Balaban J connectivity index is 1.64.